The number of hydrogen-bond donors (Lipinski definition) is 2. The molecular formula is C23H33NO4. The van der Waals surface area contributed by atoms with Crippen LogP contribution in [-0.2, 0) is 9.53 Å². The molecule has 2 saturated carbocycles. The molecule has 3 fully saturated rings. The number of hydrogen-bond acceptors (Lipinski definition) is 4. The summed E-state index contributed by atoms with van der Waals surface area (Å²) >= 11 is 0. The van der Waals surface area contributed by atoms with Crippen molar-refractivity contribution in [2.45, 2.75) is 59.1 Å². The van der Waals surface area contributed by atoms with E-state index in [1.807, 2.05) is 19.9 Å². The van der Waals surface area contributed by atoms with Gasteiger partial charge in [-0.15, -0.1) is 0 Å². The first-order valence-corrected chi connectivity index (χ1v) is 10.5. The van der Waals surface area contributed by atoms with Gasteiger partial charge >= 0.3 is 0 Å². The number of nitrogens with one attached hydrogen (secondary N) is 1. The smallest absolute Gasteiger partial charge is 0.222 e. The number of carbonyl (C=O) groups excluding carboxylic acids is 1. The highest BCUT2D eigenvalue weighted by atomic mass is 16.5. The maximum absolute atomic E-state index is 12.6. The highest BCUT2D eigenvalue weighted by Gasteiger charge is 2.68. The summed E-state index contributed by atoms with van der Waals surface area (Å²) in [5, 5.41) is 14.0. The number of rotatable bonds is 4. The third kappa shape index (κ3) is 2.73. The second-order valence-corrected chi connectivity index (χ2v) is 9.86. The average molecular weight is 388 g/mol. The van der Waals surface area contributed by atoms with Crippen LogP contribution in [0.15, 0.2) is 18.2 Å². The Balaban J connectivity index is 1.71. The van der Waals surface area contributed by atoms with E-state index in [1.54, 1.807) is 19.2 Å². The monoisotopic (exact) mass is 387 g/mol. The molecular weight excluding hydrogens is 354 g/mol. The van der Waals surface area contributed by atoms with E-state index in [0.717, 1.165) is 30.6 Å². The standard InChI is InChI=1S/C23H33NO4/c1-13(2)20(26)24-21-22(3,4)14-10-17-19(28-9-8-23(17,21)12-14)16-11-15(27-5)6-7-18(16)25/h6-7,11,13-14,17,19,21,25H,8-10,12H2,1-5H3,(H,24,26)/t14-,17-,19-,21+,23?/m1/s1. The maximum atomic E-state index is 12.6. The first kappa shape index (κ1) is 19.6. The fourth-order valence-electron chi connectivity index (χ4n) is 6.29. The molecule has 1 aliphatic heterocycles. The van der Waals surface area contributed by atoms with E-state index in [0.29, 0.717) is 12.5 Å². The van der Waals surface area contributed by atoms with E-state index in [4.69, 9.17) is 9.47 Å². The van der Waals surface area contributed by atoms with E-state index in [9.17, 15) is 9.90 Å². The first-order valence-electron chi connectivity index (χ1n) is 10.5. The predicted molar refractivity (Wildman–Crippen MR) is 107 cm³/mol. The van der Waals surface area contributed by atoms with Crippen LogP contribution in [0, 0.1) is 28.6 Å². The van der Waals surface area contributed by atoms with Crippen LogP contribution in [0.25, 0.3) is 0 Å². The van der Waals surface area contributed by atoms with Gasteiger partial charge in [0.25, 0.3) is 0 Å². The van der Waals surface area contributed by atoms with Gasteiger partial charge in [0.2, 0.25) is 5.91 Å². The number of amides is 1. The minimum atomic E-state index is -0.164. The molecule has 1 heterocycles. The van der Waals surface area contributed by atoms with Gasteiger partial charge in [-0.05, 0) is 60.1 Å². The zero-order chi connectivity index (χ0) is 20.3. The van der Waals surface area contributed by atoms with Crippen LogP contribution in [0.1, 0.15) is 58.6 Å². The van der Waals surface area contributed by atoms with Crippen molar-refractivity contribution in [3.05, 3.63) is 23.8 Å². The van der Waals surface area contributed by atoms with Crippen molar-refractivity contribution in [2.24, 2.45) is 28.6 Å². The van der Waals surface area contributed by atoms with E-state index in [1.165, 1.54) is 0 Å². The molecule has 1 unspecified atom stereocenters. The third-order valence-corrected chi connectivity index (χ3v) is 7.86. The summed E-state index contributed by atoms with van der Waals surface area (Å²) in [6.07, 6.45) is 2.99. The summed E-state index contributed by atoms with van der Waals surface area (Å²) in [6, 6.07) is 5.50. The fourth-order valence-corrected chi connectivity index (χ4v) is 6.29. The number of ether oxygens (including phenoxy) is 2. The largest absolute Gasteiger partial charge is 0.508 e. The minimum Gasteiger partial charge on any atom is -0.508 e. The molecule has 5 heteroatoms. The van der Waals surface area contributed by atoms with Gasteiger partial charge in [-0.3, -0.25) is 4.79 Å². The summed E-state index contributed by atoms with van der Waals surface area (Å²) in [5.74, 6) is 1.92. The number of fused-ring (bicyclic) bond motifs is 1. The molecule has 0 aromatic heterocycles. The number of benzene rings is 1. The molecule has 4 rings (SSSR count). The van der Waals surface area contributed by atoms with Crippen molar-refractivity contribution in [3.63, 3.8) is 0 Å². The molecule has 154 valence electrons. The zero-order valence-electron chi connectivity index (χ0n) is 17.6. The number of carbonyl (C=O) groups is 1. The van der Waals surface area contributed by atoms with Gasteiger partial charge in [0, 0.05) is 24.1 Å². The van der Waals surface area contributed by atoms with Gasteiger partial charge in [0.05, 0.1) is 13.2 Å². The Morgan fingerprint density at radius 2 is 2.11 bits per heavy atom. The van der Waals surface area contributed by atoms with Crippen LogP contribution >= 0.6 is 0 Å². The molecule has 1 saturated heterocycles. The van der Waals surface area contributed by atoms with Crippen LogP contribution in [0.2, 0.25) is 0 Å². The Hall–Kier alpha value is -1.75. The Bertz CT molecular complexity index is 774. The van der Waals surface area contributed by atoms with E-state index >= 15 is 0 Å². The molecule has 3 aliphatic rings. The molecule has 28 heavy (non-hydrogen) atoms. The normalized spacial score (nSPS) is 35.6. The number of phenols is 1. The summed E-state index contributed by atoms with van der Waals surface area (Å²) in [5.41, 5.74) is 0.902. The first-order chi connectivity index (χ1) is 13.2. The fraction of sp³-hybridized carbons (Fsp3) is 0.696. The molecule has 2 N–H and O–H groups in total. The van der Waals surface area contributed by atoms with Crippen LogP contribution in [-0.4, -0.2) is 30.8 Å². The van der Waals surface area contributed by atoms with Crippen molar-refractivity contribution in [2.75, 3.05) is 13.7 Å². The Morgan fingerprint density at radius 3 is 2.79 bits per heavy atom. The lowest BCUT2D eigenvalue weighted by atomic mass is 9.58. The van der Waals surface area contributed by atoms with Gasteiger partial charge in [-0.25, -0.2) is 0 Å². The van der Waals surface area contributed by atoms with Crippen LogP contribution < -0.4 is 10.1 Å². The molecule has 1 aromatic carbocycles. The minimum absolute atomic E-state index is 0.0250. The van der Waals surface area contributed by atoms with Gasteiger partial charge in [0.15, 0.2) is 0 Å². The average Bonchev–Trinajstić information content (AvgIpc) is 3.14. The van der Waals surface area contributed by atoms with Crippen molar-refractivity contribution in [1.29, 1.82) is 0 Å². The topological polar surface area (TPSA) is 67.8 Å². The summed E-state index contributed by atoms with van der Waals surface area (Å²) < 4.78 is 11.6. The van der Waals surface area contributed by atoms with Crippen LogP contribution in [0.3, 0.4) is 0 Å². The van der Waals surface area contributed by atoms with Gasteiger partial charge in [-0.2, -0.15) is 0 Å². The number of aromatic hydroxyl groups is 1. The second kappa shape index (κ2) is 6.65. The van der Waals surface area contributed by atoms with Crippen LogP contribution in [0.5, 0.6) is 11.5 Å². The quantitative estimate of drug-likeness (QED) is 0.818. The Morgan fingerprint density at radius 1 is 1.36 bits per heavy atom. The van der Waals surface area contributed by atoms with Crippen LogP contribution in [0.4, 0.5) is 0 Å². The lowest BCUT2D eigenvalue weighted by molar-refractivity contribution is -0.139. The zero-order valence-corrected chi connectivity index (χ0v) is 17.6. The maximum Gasteiger partial charge on any atom is 0.222 e. The van der Waals surface area contributed by atoms with E-state index < -0.39 is 0 Å². The third-order valence-electron chi connectivity index (χ3n) is 7.86. The number of methoxy groups -OCH3 is 1. The van der Waals surface area contributed by atoms with Gasteiger partial charge < -0.3 is 19.9 Å². The Labute approximate surface area is 167 Å². The summed E-state index contributed by atoms with van der Waals surface area (Å²) in [6.45, 7) is 9.16. The molecule has 2 bridgehead atoms. The van der Waals surface area contributed by atoms with Crippen molar-refractivity contribution >= 4 is 5.91 Å². The second-order valence-electron chi connectivity index (χ2n) is 9.86. The predicted octanol–water partition coefficient (Wildman–Crippen LogP) is 4.06. The lowest BCUT2D eigenvalue weighted by Crippen LogP contribution is -2.59. The van der Waals surface area contributed by atoms with E-state index in [-0.39, 0.29) is 46.5 Å². The van der Waals surface area contributed by atoms with Crippen molar-refractivity contribution in [3.8, 4) is 11.5 Å². The molecule has 5 atom stereocenters. The van der Waals surface area contributed by atoms with Crippen molar-refractivity contribution in [1.82, 2.24) is 5.32 Å². The van der Waals surface area contributed by atoms with Crippen molar-refractivity contribution < 1.29 is 19.4 Å². The van der Waals surface area contributed by atoms with Gasteiger partial charge in [0.1, 0.15) is 11.5 Å². The SMILES string of the molecule is COc1ccc(O)c([C@H]2OCCC34C[C@@H](C[C@H]23)C(C)(C)[C@@H]4NC(=O)C(C)C)c1. The summed E-state index contributed by atoms with van der Waals surface area (Å²) in [4.78, 5) is 12.6. The lowest BCUT2D eigenvalue weighted by Gasteiger charge is -2.53. The molecule has 5 nitrogen and oxygen atoms in total. The molecule has 0 radical (unpaired) electrons. The number of phenolic OH excluding ortho intramolecular Hbond substituents is 1. The molecule has 1 amide bonds. The molecule has 2 aliphatic carbocycles. The summed E-state index contributed by atoms with van der Waals surface area (Å²) in [7, 11) is 1.64. The highest BCUT2D eigenvalue weighted by molar-refractivity contribution is 5.78. The highest BCUT2D eigenvalue weighted by Crippen LogP contribution is 2.70. The molecule has 1 aromatic rings. The van der Waals surface area contributed by atoms with Gasteiger partial charge in [-0.1, -0.05) is 27.7 Å². The molecule has 1 spiro atoms. The Kier molecular flexibility index (Phi) is 4.65. The van der Waals surface area contributed by atoms with E-state index in [2.05, 4.69) is 19.2 Å².